The topological polar surface area (TPSA) is 12.5 Å². The molecule has 34 heavy (non-hydrogen) atoms. The van der Waals surface area contributed by atoms with E-state index < -0.39 is 11.7 Å². The molecule has 0 aromatic heterocycles. The number of methoxy groups -OCH3 is 1. The van der Waals surface area contributed by atoms with Crippen molar-refractivity contribution in [3.05, 3.63) is 108 Å². The monoisotopic (exact) mass is 459 g/mol. The van der Waals surface area contributed by atoms with Crippen LogP contribution in [-0.2, 0) is 11.6 Å². The van der Waals surface area contributed by atoms with Gasteiger partial charge in [-0.1, -0.05) is 80.6 Å². The predicted molar refractivity (Wildman–Crippen MR) is 130 cm³/mol. The lowest BCUT2D eigenvalue weighted by Crippen LogP contribution is -2.31. The fourth-order valence-electron chi connectivity index (χ4n) is 4.91. The Morgan fingerprint density at radius 3 is 1.79 bits per heavy atom. The second-order valence-electron chi connectivity index (χ2n) is 8.93. The smallest absolute Gasteiger partial charge is 0.416 e. The maximum atomic E-state index is 13.9. The van der Waals surface area contributed by atoms with E-state index in [4.69, 9.17) is 4.74 Å². The highest BCUT2D eigenvalue weighted by atomic mass is 19.4. The number of halogens is 3. The van der Waals surface area contributed by atoms with E-state index >= 15 is 0 Å². The molecular formula is C29H24F3NO. The quantitative estimate of drug-likeness (QED) is 0.305. The minimum Gasteiger partial charge on any atom is -0.495 e. The first-order chi connectivity index (χ1) is 16.2. The number of hydrogen-bond donors (Lipinski definition) is 0. The molecule has 172 valence electrons. The van der Waals surface area contributed by atoms with Crippen LogP contribution in [0.3, 0.4) is 0 Å². The molecule has 1 aliphatic heterocycles. The van der Waals surface area contributed by atoms with Gasteiger partial charge < -0.3 is 9.64 Å². The van der Waals surface area contributed by atoms with Crippen LogP contribution >= 0.6 is 0 Å². The van der Waals surface area contributed by atoms with Crippen molar-refractivity contribution in [2.75, 3.05) is 12.0 Å². The van der Waals surface area contributed by atoms with Crippen molar-refractivity contribution in [2.45, 2.75) is 25.4 Å². The number of anilines is 3. The summed E-state index contributed by atoms with van der Waals surface area (Å²) < 4.78 is 47.3. The summed E-state index contributed by atoms with van der Waals surface area (Å²) in [7, 11) is 1.42. The Hall–Kier alpha value is -3.73. The van der Waals surface area contributed by atoms with E-state index in [0.29, 0.717) is 16.8 Å². The zero-order chi connectivity index (χ0) is 24.1. The van der Waals surface area contributed by atoms with Gasteiger partial charge in [0.15, 0.2) is 0 Å². The van der Waals surface area contributed by atoms with E-state index in [1.54, 1.807) is 0 Å². The van der Waals surface area contributed by atoms with Gasteiger partial charge in [0.05, 0.1) is 29.7 Å². The van der Waals surface area contributed by atoms with Crippen LogP contribution < -0.4 is 9.64 Å². The lowest BCUT2D eigenvalue weighted by molar-refractivity contribution is -0.137. The van der Waals surface area contributed by atoms with E-state index in [9.17, 15) is 13.2 Å². The van der Waals surface area contributed by atoms with Crippen LogP contribution in [0.1, 0.15) is 30.5 Å². The average Bonchev–Trinajstić information content (AvgIpc) is 2.84. The molecule has 5 rings (SSSR count). The Morgan fingerprint density at radius 1 is 0.735 bits per heavy atom. The average molecular weight is 460 g/mol. The molecule has 1 heterocycles. The first-order valence-corrected chi connectivity index (χ1v) is 11.1. The van der Waals surface area contributed by atoms with E-state index in [-0.39, 0.29) is 11.2 Å². The third kappa shape index (κ3) is 3.43. The van der Waals surface area contributed by atoms with Gasteiger partial charge in [-0.3, -0.25) is 0 Å². The highest BCUT2D eigenvalue weighted by molar-refractivity contribution is 5.95. The molecule has 4 aromatic rings. The van der Waals surface area contributed by atoms with E-state index in [0.717, 1.165) is 28.6 Å². The Morgan fingerprint density at radius 2 is 1.26 bits per heavy atom. The van der Waals surface area contributed by atoms with Gasteiger partial charge in [-0.25, -0.2) is 0 Å². The zero-order valence-electron chi connectivity index (χ0n) is 19.1. The molecule has 0 atom stereocenters. The molecule has 0 unspecified atom stereocenters. The van der Waals surface area contributed by atoms with Gasteiger partial charge in [0, 0.05) is 11.0 Å². The number of fused-ring (bicyclic) bond motifs is 2. The molecule has 0 spiro atoms. The molecule has 4 aromatic carbocycles. The summed E-state index contributed by atoms with van der Waals surface area (Å²) in [6.45, 7) is 4.34. The minimum atomic E-state index is -4.50. The van der Waals surface area contributed by atoms with Crippen molar-refractivity contribution in [2.24, 2.45) is 0 Å². The highest BCUT2D eigenvalue weighted by Crippen LogP contribution is 2.56. The number of benzene rings is 4. The molecule has 2 nitrogen and oxygen atoms in total. The van der Waals surface area contributed by atoms with Gasteiger partial charge >= 0.3 is 6.18 Å². The molecule has 0 saturated heterocycles. The zero-order valence-corrected chi connectivity index (χ0v) is 19.1. The summed E-state index contributed by atoms with van der Waals surface area (Å²) >= 11 is 0. The summed E-state index contributed by atoms with van der Waals surface area (Å²) in [5.74, 6) is 0.165. The first kappa shape index (κ1) is 22.1. The lowest BCUT2D eigenvalue weighted by Gasteiger charge is -2.43. The van der Waals surface area contributed by atoms with Gasteiger partial charge in [0.25, 0.3) is 0 Å². The molecule has 1 aliphatic rings. The summed E-state index contributed by atoms with van der Waals surface area (Å²) in [4.78, 5) is 2.04. The summed E-state index contributed by atoms with van der Waals surface area (Å²) in [6.07, 6.45) is -4.50. The maximum absolute atomic E-state index is 13.9. The summed E-state index contributed by atoms with van der Waals surface area (Å²) in [5, 5.41) is 0. The van der Waals surface area contributed by atoms with E-state index in [1.807, 2.05) is 71.6 Å². The molecule has 0 bridgehead atoms. The van der Waals surface area contributed by atoms with Gasteiger partial charge in [-0.15, -0.1) is 0 Å². The van der Waals surface area contributed by atoms with E-state index in [1.165, 1.54) is 13.2 Å². The van der Waals surface area contributed by atoms with Crippen LogP contribution in [0, 0.1) is 0 Å². The summed E-state index contributed by atoms with van der Waals surface area (Å²) in [6, 6.07) is 27.5. The number of nitrogens with zero attached hydrogens (tertiary/aromatic N) is 1. The highest BCUT2D eigenvalue weighted by Gasteiger charge is 2.39. The Labute approximate surface area is 197 Å². The van der Waals surface area contributed by atoms with Gasteiger partial charge in [-0.2, -0.15) is 13.2 Å². The Bertz CT molecular complexity index is 1310. The normalized spacial score (nSPS) is 14.4. The summed E-state index contributed by atoms with van der Waals surface area (Å²) in [5.41, 5.74) is 4.71. The number of rotatable bonds is 3. The van der Waals surface area contributed by atoms with Crippen molar-refractivity contribution in [3.8, 4) is 16.9 Å². The fourth-order valence-corrected chi connectivity index (χ4v) is 4.91. The van der Waals surface area contributed by atoms with Crippen LogP contribution in [-0.4, -0.2) is 7.11 Å². The molecule has 0 saturated carbocycles. The molecule has 0 fully saturated rings. The third-order valence-electron chi connectivity index (χ3n) is 6.57. The van der Waals surface area contributed by atoms with Crippen LogP contribution in [0.5, 0.6) is 5.75 Å². The van der Waals surface area contributed by atoms with Crippen LogP contribution in [0.25, 0.3) is 11.1 Å². The van der Waals surface area contributed by atoms with Crippen molar-refractivity contribution < 1.29 is 17.9 Å². The van der Waals surface area contributed by atoms with Crippen LogP contribution in [0.2, 0.25) is 0 Å². The predicted octanol–water partition coefficient (Wildman–Crippen LogP) is 8.49. The van der Waals surface area contributed by atoms with Gasteiger partial charge in [-0.05, 0) is 41.0 Å². The van der Waals surface area contributed by atoms with Crippen molar-refractivity contribution in [1.82, 2.24) is 0 Å². The minimum absolute atomic E-state index is 0.165. The number of alkyl halides is 3. The van der Waals surface area contributed by atoms with Gasteiger partial charge in [0.1, 0.15) is 5.75 Å². The molecule has 0 radical (unpaired) electrons. The molecule has 0 N–H and O–H groups in total. The largest absolute Gasteiger partial charge is 0.495 e. The van der Waals surface area contributed by atoms with E-state index in [2.05, 4.69) is 26.0 Å². The standard InChI is InChI=1S/C29H24F3NO/c1-28(2)22-13-7-9-15-24(22)33(25-16-10-8-14-23(25)28)27-21(19-11-5-4-6-12-19)17-20(29(30,31)32)18-26(27)34-3/h4-18H,1-3H3. The third-order valence-corrected chi connectivity index (χ3v) is 6.57. The number of ether oxygens (including phenoxy) is 1. The van der Waals surface area contributed by atoms with Crippen molar-refractivity contribution >= 4 is 17.1 Å². The molecule has 5 heteroatoms. The number of para-hydroxylation sites is 2. The Balaban J connectivity index is 1.90. The Kier molecular flexibility index (Phi) is 5.16. The van der Waals surface area contributed by atoms with Crippen molar-refractivity contribution in [3.63, 3.8) is 0 Å². The second-order valence-corrected chi connectivity index (χ2v) is 8.93. The SMILES string of the molecule is COc1cc(C(F)(F)F)cc(-c2ccccc2)c1N1c2ccccc2C(C)(C)c2ccccc21. The van der Waals surface area contributed by atoms with Gasteiger partial charge in [0.2, 0.25) is 0 Å². The van der Waals surface area contributed by atoms with Crippen LogP contribution in [0.15, 0.2) is 91.0 Å². The molecule has 0 amide bonds. The molecular weight excluding hydrogens is 435 g/mol. The first-order valence-electron chi connectivity index (χ1n) is 11.1. The second kappa shape index (κ2) is 7.94. The number of hydrogen-bond acceptors (Lipinski definition) is 2. The lowest BCUT2D eigenvalue weighted by atomic mass is 9.73. The maximum Gasteiger partial charge on any atom is 0.416 e. The van der Waals surface area contributed by atoms with Crippen molar-refractivity contribution in [1.29, 1.82) is 0 Å². The van der Waals surface area contributed by atoms with Crippen LogP contribution in [0.4, 0.5) is 30.2 Å². The fraction of sp³-hybridized carbons (Fsp3) is 0.172. The molecule has 0 aliphatic carbocycles.